The molecule has 0 amide bonds. The van der Waals surface area contributed by atoms with Crippen LogP contribution in [0, 0.1) is 23.2 Å². The summed E-state index contributed by atoms with van der Waals surface area (Å²) in [5, 5.41) is 0. The van der Waals surface area contributed by atoms with Gasteiger partial charge in [-0.1, -0.05) is 0 Å². The van der Waals surface area contributed by atoms with Crippen LogP contribution in [0.25, 0.3) is 11.1 Å². The van der Waals surface area contributed by atoms with Crippen LogP contribution in [-0.4, -0.2) is 3.21 Å². The van der Waals surface area contributed by atoms with Gasteiger partial charge in [0.05, 0.1) is 0 Å². The molecule has 6 aliphatic carbocycles. The number of rotatable bonds is 3. The number of benzene rings is 2. The van der Waals surface area contributed by atoms with Gasteiger partial charge in [0.2, 0.25) is 0 Å². The van der Waals surface area contributed by atoms with Gasteiger partial charge in [-0.25, -0.2) is 0 Å². The summed E-state index contributed by atoms with van der Waals surface area (Å²) in [7, 11) is 0. The fourth-order valence-electron chi connectivity index (χ4n) is 9.71. The van der Waals surface area contributed by atoms with Crippen molar-refractivity contribution in [1.29, 1.82) is 0 Å². The van der Waals surface area contributed by atoms with Crippen LogP contribution < -0.4 is 28.1 Å². The van der Waals surface area contributed by atoms with Crippen molar-refractivity contribution in [2.75, 3.05) is 0 Å². The minimum atomic E-state index is -2.37. The predicted octanol–water partition coefficient (Wildman–Crippen LogP) is 3.36. The minimum absolute atomic E-state index is 0. The maximum absolute atomic E-state index is 2.70. The van der Waals surface area contributed by atoms with Gasteiger partial charge in [-0.3, -0.25) is 0 Å². The normalized spacial score (nSPS) is 27.5. The second-order valence-corrected chi connectivity index (χ2v) is 22.6. The fraction of sp³-hybridized carbons (Fsp3) is 0.553. The van der Waals surface area contributed by atoms with Gasteiger partial charge < -0.3 is 24.8 Å². The van der Waals surface area contributed by atoms with Crippen LogP contribution in [0.4, 0.5) is 0 Å². The molecule has 4 saturated carbocycles. The zero-order valence-electron chi connectivity index (χ0n) is 26.3. The van der Waals surface area contributed by atoms with Crippen molar-refractivity contribution in [3.8, 4) is 11.1 Å². The Balaban J connectivity index is 0.00000169. The van der Waals surface area contributed by atoms with E-state index in [9.17, 15) is 0 Å². The first-order valence-electron chi connectivity index (χ1n) is 15.8. The second kappa shape index (κ2) is 11.0. The first-order valence-corrected chi connectivity index (χ1v) is 19.5. The summed E-state index contributed by atoms with van der Waals surface area (Å²) < 4.78 is 5.74. The zero-order chi connectivity index (χ0) is 27.3. The van der Waals surface area contributed by atoms with E-state index in [4.69, 9.17) is 0 Å². The largest absolute Gasteiger partial charge is 1.00 e. The van der Waals surface area contributed by atoms with Crippen LogP contribution in [0.2, 0.25) is 0 Å². The Labute approximate surface area is 269 Å². The smallest absolute Gasteiger partial charge is 1.00 e. The second-order valence-electron chi connectivity index (χ2n) is 16.1. The third kappa shape index (κ3) is 5.31. The molecule has 0 nitrogen and oxygen atoms in total. The van der Waals surface area contributed by atoms with E-state index in [-0.39, 0.29) is 35.6 Å². The van der Waals surface area contributed by atoms with Crippen molar-refractivity contribution in [3.05, 3.63) is 74.1 Å². The first kappa shape index (κ1) is 31.7. The molecule has 3 heteroatoms. The topological polar surface area (TPSA) is 0 Å². The molecular weight excluding hydrogens is 619 g/mol. The Morgan fingerprint density at radius 3 is 1.95 bits per heavy atom. The van der Waals surface area contributed by atoms with Crippen molar-refractivity contribution >= 4 is 6.48 Å². The van der Waals surface area contributed by atoms with Crippen LogP contribution in [0.3, 0.4) is 0 Å². The van der Waals surface area contributed by atoms with Gasteiger partial charge in [0.15, 0.2) is 0 Å². The van der Waals surface area contributed by atoms with Gasteiger partial charge in [-0.05, 0) is 0 Å². The average molecular weight is 667 g/mol. The van der Waals surface area contributed by atoms with Crippen molar-refractivity contribution in [1.82, 2.24) is 0 Å². The SMILES string of the molecule is C/[C](=[Zr+2](\[C]1=CC=CC1)[c]1c(C(C)(C)C)ccc2c1Cc1cc(C(C)(C)C)ccc1-2)C12CC3CC(CC(C3)C1)C2.[Cl-].[Cl-]. The summed E-state index contributed by atoms with van der Waals surface area (Å²) in [4.78, 5) is 0. The number of hydrogen-bond acceptors (Lipinski definition) is 0. The zero-order valence-corrected chi connectivity index (χ0v) is 30.2. The third-order valence-corrected chi connectivity index (χ3v) is 19.6. The maximum atomic E-state index is 2.70. The molecule has 0 heterocycles. The van der Waals surface area contributed by atoms with E-state index in [1.54, 1.807) is 22.3 Å². The van der Waals surface area contributed by atoms with E-state index in [0.29, 0.717) is 5.41 Å². The van der Waals surface area contributed by atoms with Crippen LogP contribution in [0.15, 0.2) is 51.8 Å². The molecule has 0 radical (unpaired) electrons. The first-order chi connectivity index (χ1) is 18.4. The summed E-state index contributed by atoms with van der Waals surface area (Å²) in [6, 6.07) is 12.5. The number of fused-ring (bicyclic) bond motifs is 3. The summed E-state index contributed by atoms with van der Waals surface area (Å²) in [6.07, 6.45) is 18.9. The third-order valence-electron chi connectivity index (χ3n) is 11.3. The standard InChI is InChI=1S/C21H25.C12H18.C5H5.2ClH.Zr/c1-20(2,3)16-7-9-18-14(12-16)11-15-13-17(21(4,5)6)8-10-19(15)18;1-2-12-6-9-3-10(7-12)5-11(4-9)8-12;1-2-4-5-3-1;;;/h7-10,12H,11H2,1-6H3;9-11H,3-8H2,1H3;1-3H,4H2;2*1H;/q;;;;;+2/p-2. The Kier molecular flexibility index (Phi) is 8.50. The molecule has 0 aliphatic heterocycles. The van der Waals surface area contributed by atoms with Gasteiger partial charge in [-0.2, -0.15) is 0 Å². The van der Waals surface area contributed by atoms with Gasteiger partial charge in [0.25, 0.3) is 0 Å². The molecule has 0 atom stereocenters. The molecular formula is C38H48Cl2Zr. The molecule has 8 rings (SSSR count). The molecule has 0 saturated heterocycles. The van der Waals surface area contributed by atoms with E-state index in [0.717, 1.165) is 24.2 Å². The molecule has 0 aromatic heterocycles. The number of allylic oxidation sites excluding steroid dienone is 4. The van der Waals surface area contributed by atoms with Gasteiger partial charge in [0.1, 0.15) is 0 Å². The van der Waals surface area contributed by atoms with E-state index < -0.39 is 21.3 Å². The average Bonchev–Trinajstić information content (AvgIpc) is 3.50. The monoisotopic (exact) mass is 664 g/mol. The number of hydrogen-bond donors (Lipinski definition) is 0. The molecule has 2 aromatic rings. The summed E-state index contributed by atoms with van der Waals surface area (Å²) in [6.45, 7) is 17.2. The molecule has 4 bridgehead atoms. The maximum Gasteiger partial charge on any atom is -1.00 e. The van der Waals surface area contributed by atoms with Crippen molar-refractivity contribution in [2.24, 2.45) is 23.2 Å². The predicted molar refractivity (Wildman–Crippen MR) is 165 cm³/mol. The van der Waals surface area contributed by atoms with Gasteiger partial charge in [0, 0.05) is 0 Å². The summed E-state index contributed by atoms with van der Waals surface area (Å²) >= 11 is -2.37. The van der Waals surface area contributed by atoms with Crippen LogP contribution in [0.1, 0.15) is 116 Å². The summed E-state index contributed by atoms with van der Waals surface area (Å²) in [5.41, 5.74) is 10.4. The Morgan fingerprint density at radius 1 is 0.805 bits per heavy atom. The van der Waals surface area contributed by atoms with Crippen LogP contribution in [0.5, 0.6) is 0 Å². The van der Waals surface area contributed by atoms with Crippen LogP contribution in [-0.2, 0) is 38.5 Å². The van der Waals surface area contributed by atoms with Gasteiger partial charge in [-0.15, -0.1) is 0 Å². The molecule has 2 aromatic carbocycles. The Bertz CT molecular complexity index is 1420. The van der Waals surface area contributed by atoms with E-state index in [1.165, 1.54) is 56.1 Å². The number of halogens is 2. The quantitative estimate of drug-likeness (QED) is 0.403. The van der Waals surface area contributed by atoms with Crippen molar-refractivity contribution in [3.63, 3.8) is 0 Å². The van der Waals surface area contributed by atoms with Crippen LogP contribution >= 0.6 is 0 Å². The molecule has 0 unspecified atom stereocenters. The Morgan fingerprint density at radius 2 is 1.41 bits per heavy atom. The van der Waals surface area contributed by atoms with Gasteiger partial charge >= 0.3 is 247 Å². The molecule has 218 valence electrons. The fourth-order valence-corrected chi connectivity index (χ4v) is 19.2. The molecule has 41 heavy (non-hydrogen) atoms. The van der Waals surface area contributed by atoms with E-state index in [1.807, 2.05) is 9.76 Å². The van der Waals surface area contributed by atoms with Crippen molar-refractivity contribution in [2.45, 2.75) is 111 Å². The van der Waals surface area contributed by atoms with E-state index in [2.05, 4.69) is 97.0 Å². The molecule has 0 spiro atoms. The summed E-state index contributed by atoms with van der Waals surface area (Å²) in [5.74, 6) is 3.03. The molecule has 4 fully saturated rings. The molecule has 6 aliphatic rings. The molecule has 0 N–H and O–H groups in total. The minimum Gasteiger partial charge on any atom is -1.00 e. The van der Waals surface area contributed by atoms with Crippen molar-refractivity contribution < 1.29 is 46.1 Å². The Hall–Kier alpha value is -0.747. The van der Waals surface area contributed by atoms with E-state index >= 15 is 0 Å².